The molecule has 1 fully saturated rings. The molecule has 0 bridgehead atoms. The molecule has 2 aromatic rings. The first kappa shape index (κ1) is 23.2. The Balaban J connectivity index is 1.52. The molecule has 31 heavy (non-hydrogen) atoms. The van der Waals surface area contributed by atoms with Crippen LogP contribution in [0.15, 0.2) is 47.5 Å². The maximum absolute atomic E-state index is 12.6. The van der Waals surface area contributed by atoms with Gasteiger partial charge in [0.05, 0.1) is 10.9 Å². The summed E-state index contributed by atoms with van der Waals surface area (Å²) in [4.78, 5) is 31.0. The first-order valence-corrected chi connectivity index (χ1v) is 11.9. The molecule has 1 aromatic heterocycles. The van der Waals surface area contributed by atoms with E-state index in [0.717, 1.165) is 5.56 Å². The lowest BCUT2D eigenvalue weighted by molar-refractivity contribution is -0.134. The highest BCUT2D eigenvalue weighted by Gasteiger charge is 2.29. The van der Waals surface area contributed by atoms with Crippen molar-refractivity contribution < 1.29 is 18.0 Å². The number of hydrogen-bond acceptors (Lipinski definition) is 5. The lowest BCUT2D eigenvalue weighted by Gasteiger charge is -2.32. The molecule has 1 aliphatic rings. The molecular formula is C21H25ClN4O4S. The number of benzene rings is 1. The molecule has 0 radical (unpaired) electrons. The summed E-state index contributed by atoms with van der Waals surface area (Å²) in [6.07, 6.45) is 3.00. The second-order valence-electron chi connectivity index (χ2n) is 7.42. The van der Waals surface area contributed by atoms with Crippen LogP contribution >= 0.6 is 11.6 Å². The van der Waals surface area contributed by atoms with E-state index in [1.165, 1.54) is 12.1 Å². The predicted octanol–water partition coefficient (Wildman–Crippen LogP) is 2.59. The molecule has 10 heteroatoms. The Morgan fingerprint density at radius 1 is 1.23 bits per heavy atom. The first-order valence-electron chi connectivity index (χ1n) is 10.0. The molecule has 166 valence electrons. The molecule has 2 N–H and O–H groups in total. The molecule has 2 amide bonds. The first-order chi connectivity index (χ1) is 14.8. The quantitative estimate of drug-likeness (QED) is 0.654. The Bertz CT molecular complexity index is 1060. The number of amides is 2. The van der Waals surface area contributed by atoms with Gasteiger partial charge in [0, 0.05) is 32.3 Å². The largest absolute Gasteiger partial charge is 0.342 e. The Labute approximate surface area is 187 Å². The highest BCUT2D eigenvalue weighted by Crippen LogP contribution is 2.21. The van der Waals surface area contributed by atoms with Gasteiger partial charge in [-0.3, -0.25) is 9.59 Å². The number of hydrogen-bond donors (Lipinski definition) is 2. The van der Waals surface area contributed by atoms with Crippen LogP contribution in [-0.2, 0) is 19.6 Å². The van der Waals surface area contributed by atoms with Crippen molar-refractivity contribution in [3.63, 3.8) is 0 Å². The topological polar surface area (TPSA) is 108 Å². The van der Waals surface area contributed by atoms with Crippen molar-refractivity contribution in [1.82, 2.24) is 14.6 Å². The van der Waals surface area contributed by atoms with Crippen molar-refractivity contribution in [2.24, 2.45) is 5.92 Å². The van der Waals surface area contributed by atoms with E-state index in [-0.39, 0.29) is 40.6 Å². The van der Waals surface area contributed by atoms with Gasteiger partial charge in [0.2, 0.25) is 21.8 Å². The molecule has 1 unspecified atom stereocenters. The number of anilines is 1. The van der Waals surface area contributed by atoms with Crippen LogP contribution in [0, 0.1) is 12.8 Å². The summed E-state index contributed by atoms with van der Waals surface area (Å²) in [6, 6.07) is 9.78. The van der Waals surface area contributed by atoms with Crippen molar-refractivity contribution in [2.75, 3.05) is 25.0 Å². The zero-order valence-electron chi connectivity index (χ0n) is 17.2. The van der Waals surface area contributed by atoms with Crippen molar-refractivity contribution in [3.05, 3.63) is 53.2 Å². The maximum Gasteiger partial charge on any atom is 0.242 e. The van der Waals surface area contributed by atoms with Gasteiger partial charge in [0.15, 0.2) is 0 Å². The molecule has 1 aliphatic heterocycles. The number of aromatic nitrogens is 1. The van der Waals surface area contributed by atoms with Crippen molar-refractivity contribution >= 4 is 39.3 Å². The van der Waals surface area contributed by atoms with Gasteiger partial charge in [-0.2, -0.15) is 0 Å². The third kappa shape index (κ3) is 6.03. The molecular weight excluding hydrogens is 440 g/mol. The molecule has 1 aromatic carbocycles. The summed E-state index contributed by atoms with van der Waals surface area (Å²) >= 11 is 5.95. The summed E-state index contributed by atoms with van der Waals surface area (Å²) in [6.45, 7) is 2.66. The number of carbonyl (C=O) groups is 2. The molecule has 8 nitrogen and oxygen atoms in total. The standard InChI is InChI=1S/C21H25ClN4O4S/c1-15-6-4-11-23-20(15)25-21(28)16-7-5-13-26(14-16)19(27)10-12-24-31(29,30)18-9-3-2-8-17(18)22/h2-4,6,8-9,11,16,24H,5,7,10,12-14H2,1H3,(H,23,25,28). The highest BCUT2D eigenvalue weighted by molar-refractivity contribution is 7.89. The van der Waals surface area contributed by atoms with Crippen LogP contribution in [0.4, 0.5) is 5.82 Å². The molecule has 0 spiro atoms. The number of aryl methyl sites for hydroxylation is 1. The Morgan fingerprint density at radius 2 is 2.00 bits per heavy atom. The van der Waals surface area contributed by atoms with Crippen molar-refractivity contribution in [3.8, 4) is 0 Å². The van der Waals surface area contributed by atoms with E-state index < -0.39 is 10.0 Å². The van der Waals surface area contributed by atoms with Crippen LogP contribution in [0.1, 0.15) is 24.8 Å². The minimum atomic E-state index is -3.80. The van der Waals surface area contributed by atoms with Crippen LogP contribution in [0.5, 0.6) is 0 Å². The van der Waals surface area contributed by atoms with Gasteiger partial charge in [-0.1, -0.05) is 29.8 Å². The molecule has 2 heterocycles. The minimum absolute atomic E-state index is 0.00261. The number of nitrogens with zero attached hydrogens (tertiary/aromatic N) is 2. The van der Waals surface area contributed by atoms with E-state index in [1.807, 2.05) is 13.0 Å². The summed E-state index contributed by atoms with van der Waals surface area (Å²) in [5.74, 6) is -0.184. The molecule has 0 aliphatic carbocycles. The minimum Gasteiger partial charge on any atom is -0.342 e. The van der Waals surface area contributed by atoms with Gasteiger partial charge >= 0.3 is 0 Å². The van der Waals surface area contributed by atoms with Gasteiger partial charge in [0.25, 0.3) is 0 Å². The Kier molecular flexibility index (Phi) is 7.64. The molecule has 0 saturated carbocycles. The van der Waals surface area contributed by atoms with Gasteiger partial charge < -0.3 is 10.2 Å². The molecule has 3 rings (SSSR count). The van der Waals surface area contributed by atoms with Crippen LogP contribution in [0.3, 0.4) is 0 Å². The summed E-state index contributed by atoms with van der Waals surface area (Å²) in [5.41, 5.74) is 0.866. The van der Waals surface area contributed by atoms with E-state index in [2.05, 4.69) is 15.0 Å². The number of pyridine rings is 1. The van der Waals surface area contributed by atoms with Crippen molar-refractivity contribution in [1.29, 1.82) is 0 Å². The van der Waals surface area contributed by atoms with Crippen molar-refractivity contribution in [2.45, 2.75) is 31.1 Å². The van der Waals surface area contributed by atoms with Gasteiger partial charge in [-0.25, -0.2) is 18.1 Å². The lowest BCUT2D eigenvalue weighted by Crippen LogP contribution is -2.44. The van der Waals surface area contributed by atoms with Crippen LogP contribution in [-0.4, -0.2) is 49.8 Å². The summed E-state index contributed by atoms with van der Waals surface area (Å²) in [7, 11) is -3.80. The average molecular weight is 465 g/mol. The van der Waals surface area contributed by atoms with E-state index in [1.54, 1.807) is 29.3 Å². The zero-order valence-corrected chi connectivity index (χ0v) is 18.7. The third-order valence-corrected chi connectivity index (χ3v) is 7.11. The van der Waals surface area contributed by atoms with Crippen LogP contribution in [0.2, 0.25) is 5.02 Å². The number of carbonyl (C=O) groups excluding carboxylic acids is 2. The second kappa shape index (κ2) is 10.2. The molecule has 1 saturated heterocycles. The number of piperidine rings is 1. The fourth-order valence-corrected chi connectivity index (χ4v) is 4.99. The number of rotatable bonds is 7. The van der Waals surface area contributed by atoms with Gasteiger partial charge in [-0.05, 0) is 43.5 Å². The van der Waals surface area contributed by atoms with E-state index in [0.29, 0.717) is 31.7 Å². The SMILES string of the molecule is Cc1cccnc1NC(=O)C1CCCN(C(=O)CCNS(=O)(=O)c2ccccc2Cl)C1. The number of nitrogens with one attached hydrogen (secondary N) is 2. The average Bonchev–Trinajstić information content (AvgIpc) is 2.75. The summed E-state index contributed by atoms with van der Waals surface area (Å²) < 4.78 is 27.2. The van der Waals surface area contributed by atoms with E-state index in [4.69, 9.17) is 11.6 Å². The Hall–Kier alpha value is -2.49. The number of halogens is 1. The van der Waals surface area contributed by atoms with Gasteiger partial charge in [0.1, 0.15) is 10.7 Å². The van der Waals surface area contributed by atoms with Crippen LogP contribution in [0.25, 0.3) is 0 Å². The lowest BCUT2D eigenvalue weighted by atomic mass is 9.96. The fraction of sp³-hybridized carbons (Fsp3) is 0.381. The van der Waals surface area contributed by atoms with E-state index in [9.17, 15) is 18.0 Å². The Morgan fingerprint density at radius 3 is 2.74 bits per heavy atom. The smallest absolute Gasteiger partial charge is 0.242 e. The molecule has 1 atom stereocenters. The second-order valence-corrected chi connectivity index (χ2v) is 9.56. The fourth-order valence-electron chi connectivity index (χ4n) is 3.44. The van der Waals surface area contributed by atoms with Gasteiger partial charge in [-0.15, -0.1) is 0 Å². The zero-order chi connectivity index (χ0) is 22.4. The number of sulfonamides is 1. The van der Waals surface area contributed by atoms with Crippen LogP contribution < -0.4 is 10.0 Å². The maximum atomic E-state index is 12.6. The van der Waals surface area contributed by atoms with E-state index >= 15 is 0 Å². The number of likely N-dealkylation sites (tertiary alicyclic amines) is 1. The third-order valence-electron chi connectivity index (χ3n) is 5.15. The predicted molar refractivity (Wildman–Crippen MR) is 118 cm³/mol. The normalized spacial score (nSPS) is 16.7. The highest BCUT2D eigenvalue weighted by atomic mass is 35.5. The monoisotopic (exact) mass is 464 g/mol. The summed E-state index contributed by atoms with van der Waals surface area (Å²) in [5, 5.41) is 2.95.